The van der Waals surface area contributed by atoms with Gasteiger partial charge in [0.25, 0.3) is 0 Å². The third-order valence-corrected chi connectivity index (χ3v) is 3.81. The van der Waals surface area contributed by atoms with Crippen LogP contribution >= 0.6 is 27.5 Å². The maximum Gasteiger partial charge on any atom is 0.119 e. The first kappa shape index (κ1) is 12.3. The third kappa shape index (κ3) is 2.96. The van der Waals surface area contributed by atoms with Gasteiger partial charge in [0.1, 0.15) is 6.17 Å². The highest BCUT2D eigenvalue weighted by Gasteiger charge is 2.24. The molecule has 1 aromatic rings. The number of benzene rings is 1. The Hall–Kier alpha value is -0.120. The predicted molar refractivity (Wildman–Crippen MR) is 68.8 cm³/mol. The molecule has 1 aliphatic rings. The van der Waals surface area contributed by atoms with E-state index in [4.69, 9.17) is 11.6 Å². The summed E-state index contributed by atoms with van der Waals surface area (Å²) < 4.78 is 14.9. The van der Waals surface area contributed by atoms with Crippen molar-refractivity contribution in [2.45, 2.75) is 31.5 Å². The van der Waals surface area contributed by atoms with Crippen LogP contribution in [0.3, 0.4) is 0 Å². The molecule has 0 aromatic heterocycles. The molecule has 88 valence electrons. The molecule has 0 spiro atoms. The molecule has 1 nitrogen and oxygen atoms in total. The van der Waals surface area contributed by atoms with Crippen LogP contribution in [0.15, 0.2) is 22.7 Å². The second kappa shape index (κ2) is 5.48. The molecule has 0 bridgehead atoms. The molecule has 1 heterocycles. The fourth-order valence-electron chi connectivity index (χ4n) is 2.06. The molecule has 1 saturated heterocycles. The maximum atomic E-state index is 13.9. The molecule has 1 N–H and O–H groups in total. The van der Waals surface area contributed by atoms with Crippen molar-refractivity contribution in [3.05, 3.63) is 33.3 Å². The zero-order chi connectivity index (χ0) is 11.5. The lowest BCUT2D eigenvalue weighted by Crippen LogP contribution is -2.33. The number of nitrogens with one attached hydrogen (secondary N) is 1. The SMILES string of the molecule is FC(Cc1ccc(Br)cc1Cl)C1CCCN1. The Labute approximate surface area is 109 Å². The average molecular weight is 307 g/mol. The van der Waals surface area contributed by atoms with Crippen molar-refractivity contribution in [3.8, 4) is 0 Å². The summed E-state index contributed by atoms with van der Waals surface area (Å²) in [6, 6.07) is 5.59. The highest BCUT2D eigenvalue weighted by Crippen LogP contribution is 2.25. The second-order valence-electron chi connectivity index (χ2n) is 4.16. The minimum absolute atomic E-state index is 0.000265. The standard InChI is InChI=1S/C12H14BrClFN/c13-9-4-3-8(10(14)7-9)6-11(15)12-2-1-5-16-12/h3-4,7,11-12,16H,1-2,5-6H2. The zero-order valence-electron chi connectivity index (χ0n) is 8.85. The van der Waals surface area contributed by atoms with Gasteiger partial charge in [-0.25, -0.2) is 4.39 Å². The molecule has 2 atom stereocenters. The predicted octanol–water partition coefficient (Wildman–Crippen LogP) is 3.74. The van der Waals surface area contributed by atoms with Gasteiger partial charge in [0.05, 0.1) is 0 Å². The first-order valence-electron chi connectivity index (χ1n) is 5.48. The average Bonchev–Trinajstić information content (AvgIpc) is 2.75. The van der Waals surface area contributed by atoms with Crippen LogP contribution in [-0.2, 0) is 6.42 Å². The van der Waals surface area contributed by atoms with Gasteiger partial charge in [0, 0.05) is 22.0 Å². The van der Waals surface area contributed by atoms with Crippen LogP contribution < -0.4 is 5.32 Å². The lowest BCUT2D eigenvalue weighted by Gasteiger charge is -2.16. The minimum Gasteiger partial charge on any atom is -0.311 e. The van der Waals surface area contributed by atoms with Crippen LogP contribution in [0.25, 0.3) is 0 Å². The van der Waals surface area contributed by atoms with Gasteiger partial charge in [-0.3, -0.25) is 0 Å². The quantitative estimate of drug-likeness (QED) is 0.897. The van der Waals surface area contributed by atoms with Crippen LogP contribution in [0.5, 0.6) is 0 Å². The van der Waals surface area contributed by atoms with E-state index in [9.17, 15) is 4.39 Å². The summed E-state index contributed by atoms with van der Waals surface area (Å²) in [7, 11) is 0. The number of alkyl halides is 1. The summed E-state index contributed by atoms with van der Waals surface area (Å²) in [5.41, 5.74) is 0.881. The Morgan fingerprint density at radius 3 is 3.00 bits per heavy atom. The van der Waals surface area contributed by atoms with Crippen molar-refractivity contribution in [2.24, 2.45) is 0 Å². The Balaban J connectivity index is 2.02. The number of hydrogen-bond acceptors (Lipinski definition) is 1. The summed E-state index contributed by atoms with van der Waals surface area (Å²) >= 11 is 9.40. The molecular weight excluding hydrogens is 292 g/mol. The first-order valence-corrected chi connectivity index (χ1v) is 6.65. The molecule has 2 rings (SSSR count). The highest BCUT2D eigenvalue weighted by atomic mass is 79.9. The van der Waals surface area contributed by atoms with Crippen molar-refractivity contribution in [2.75, 3.05) is 6.54 Å². The molecule has 1 aromatic carbocycles. The molecular formula is C12H14BrClFN. The van der Waals surface area contributed by atoms with E-state index in [0.29, 0.717) is 11.4 Å². The largest absolute Gasteiger partial charge is 0.311 e. The molecule has 2 unspecified atom stereocenters. The molecule has 1 aliphatic heterocycles. The van der Waals surface area contributed by atoms with Gasteiger partial charge in [0.15, 0.2) is 0 Å². The molecule has 0 saturated carbocycles. The van der Waals surface area contributed by atoms with Gasteiger partial charge in [-0.15, -0.1) is 0 Å². The van der Waals surface area contributed by atoms with Gasteiger partial charge < -0.3 is 5.32 Å². The molecule has 0 radical (unpaired) electrons. The van der Waals surface area contributed by atoms with Crippen LogP contribution in [0, 0.1) is 0 Å². The van der Waals surface area contributed by atoms with Gasteiger partial charge in [-0.1, -0.05) is 33.6 Å². The van der Waals surface area contributed by atoms with Crippen molar-refractivity contribution in [3.63, 3.8) is 0 Å². The normalized spacial score (nSPS) is 22.3. The van der Waals surface area contributed by atoms with E-state index in [1.165, 1.54) is 0 Å². The van der Waals surface area contributed by atoms with Crippen molar-refractivity contribution >= 4 is 27.5 Å². The third-order valence-electron chi connectivity index (χ3n) is 2.97. The topological polar surface area (TPSA) is 12.0 Å². The van der Waals surface area contributed by atoms with Crippen LogP contribution in [0.1, 0.15) is 18.4 Å². The Kier molecular flexibility index (Phi) is 4.22. The smallest absolute Gasteiger partial charge is 0.119 e. The molecule has 0 aliphatic carbocycles. The van der Waals surface area contributed by atoms with E-state index in [0.717, 1.165) is 29.4 Å². The number of rotatable bonds is 3. The van der Waals surface area contributed by atoms with Crippen molar-refractivity contribution < 1.29 is 4.39 Å². The second-order valence-corrected chi connectivity index (χ2v) is 5.48. The highest BCUT2D eigenvalue weighted by molar-refractivity contribution is 9.10. The lowest BCUT2D eigenvalue weighted by molar-refractivity contribution is 0.264. The van der Waals surface area contributed by atoms with Crippen molar-refractivity contribution in [1.82, 2.24) is 5.32 Å². The van der Waals surface area contributed by atoms with Crippen LogP contribution in [0.4, 0.5) is 4.39 Å². The minimum atomic E-state index is -0.846. The zero-order valence-corrected chi connectivity index (χ0v) is 11.2. The summed E-state index contributed by atoms with van der Waals surface area (Å²) in [6.45, 7) is 0.930. The number of halogens is 3. The van der Waals surface area contributed by atoms with E-state index >= 15 is 0 Å². The fourth-order valence-corrected chi connectivity index (χ4v) is 2.81. The summed E-state index contributed by atoms with van der Waals surface area (Å²) in [5, 5.41) is 3.81. The van der Waals surface area contributed by atoms with Gasteiger partial charge in [0.2, 0.25) is 0 Å². The molecule has 0 amide bonds. The first-order chi connectivity index (χ1) is 7.66. The van der Waals surface area contributed by atoms with Crippen LogP contribution in [0.2, 0.25) is 5.02 Å². The van der Waals surface area contributed by atoms with Crippen LogP contribution in [-0.4, -0.2) is 18.8 Å². The molecule has 16 heavy (non-hydrogen) atoms. The van der Waals surface area contributed by atoms with E-state index in [1.807, 2.05) is 18.2 Å². The Bertz CT molecular complexity index is 366. The van der Waals surface area contributed by atoms with E-state index in [-0.39, 0.29) is 6.04 Å². The maximum absolute atomic E-state index is 13.9. The van der Waals surface area contributed by atoms with E-state index in [2.05, 4.69) is 21.2 Å². The fraction of sp³-hybridized carbons (Fsp3) is 0.500. The lowest BCUT2D eigenvalue weighted by atomic mass is 10.0. The number of hydrogen-bond donors (Lipinski definition) is 1. The van der Waals surface area contributed by atoms with Crippen molar-refractivity contribution in [1.29, 1.82) is 0 Å². The molecule has 1 fully saturated rings. The van der Waals surface area contributed by atoms with E-state index in [1.54, 1.807) is 0 Å². The van der Waals surface area contributed by atoms with E-state index < -0.39 is 6.17 Å². The summed E-state index contributed by atoms with van der Waals surface area (Å²) in [6.07, 6.45) is 1.54. The van der Waals surface area contributed by atoms with Gasteiger partial charge in [-0.2, -0.15) is 0 Å². The summed E-state index contributed by atoms with van der Waals surface area (Å²) in [5.74, 6) is 0. The monoisotopic (exact) mass is 305 g/mol. The Morgan fingerprint density at radius 2 is 2.38 bits per heavy atom. The van der Waals surface area contributed by atoms with Gasteiger partial charge in [-0.05, 0) is 37.1 Å². The molecule has 4 heteroatoms. The Morgan fingerprint density at radius 1 is 1.56 bits per heavy atom. The van der Waals surface area contributed by atoms with Gasteiger partial charge >= 0.3 is 0 Å². The summed E-state index contributed by atoms with van der Waals surface area (Å²) in [4.78, 5) is 0.